The lowest BCUT2D eigenvalue weighted by molar-refractivity contribution is -0.116. The van der Waals surface area contributed by atoms with Crippen LogP contribution in [-0.2, 0) is 4.79 Å². The number of nitrogens with zero attached hydrogens (tertiary/aromatic N) is 2. The third kappa shape index (κ3) is 3.30. The second kappa shape index (κ2) is 5.98. The summed E-state index contributed by atoms with van der Waals surface area (Å²) in [5, 5.41) is 10.5. The number of carbonyl (C=O) groups excluding carboxylic acids is 1. The second-order valence-electron chi connectivity index (χ2n) is 3.81. The predicted octanol–water partition coefficient (Wildman–Crippen LogP) is 2.87. The van der Waals surface area contributed by atoms with Gasteiger partial charge in [-0.3, -0.25) is 4.79 Å². The van der Waals surface area contributed by atoms with Crippen molar-refractivity contribution in [2.75, 3.05) is 5.32 Å². The zero-order valence-electron chi connectivity index (χ0n) is 9.88. The normalized spacial score (nSPS) is 11.4. The van der Waals surface area contributed by atoms with E-state index in [0.29, 0.717) is 11.4 Å². The number of pyridine rings is 1. The first-order valence-electron chi connectivity index (χ1n) is 5.57. The Morgan fingerprint density at radius 3 is 2.58 bits per heavy atom. The highest BCUT2D eigenvalue weighted by Crippen LogP contribution is 2.21. The van der Waals surface area contributed by atoms with Gasteiger partial charge in [-0.25, -0.2) is 4.98 Å². The number of halogens is 1. The first-order chi connectivity index (χ1) is 9.20. The molecule has 5 heteroatoms. The molecule has 1 N–H and O–H groups in total. The van der Waals surface area contributed by atoms with Crippen LogP contribution >= 0.6 is 11.6 Å². The van der Waals surface area contributed by atoms with Gasteiger partial charge in [0.1, 0.15) is 17.1 Å². The van der Waals surface area contributed by atoms with Gasteiger partial charge in [-0.05, 0) is 17.7 Å². The van der Waals surface area contributed by atoms with Crippen LogP contribution in [0.4, 0.5) is 5.69 Å². The largest absolute Gasteiger partial charge is 0.323 e. The van der Waals surface area contributed by atoms with Crippen molar-refractivity contribution in [3.63, 3.8) is 0 Å². The highest BCUT2D eigenvalue weighted by molar-refractivity contribution is 6.32. The average molecular weight is 272 g/mol. The fourth-order valence-corrected chi connectivity index (χ4v) is 1.71. The van der Waals surface area contributed by atoms with Crippen LogP contribution < -0.4 is 5.32 Å². The smallest absolute Gasteiger partial charge is 0.247 e. The number of hydrogen-bond donors (Lipinski definition) is 1. The highest BCUT2D eigenvalue weighted by Gasteiger charge is 2.17. The lowest BCUT2D eigenvalue weighted by Crippen LogP contribution is -2.17. The monoisotopic (exact) mass is 271 g/mol. The van der Waals surface area contributed by atoms with Crippen molar-refractivity contribution in [2.24, 2.45) is 0 Å². The summed E-state index contributed by atoms with van der Waals surface area (Å²) in [5.74, 6) is -0.334. The first-order valence-corrected chi connectivity index (χ1v) is 6.00. The average Bonchev–Trinajstić information content (AvgIpc) is 2.48. The molecule has 19 heavy (non-hydrogen) atoms. The Bertz CT molecular complexity index is 605. The number of hydrogen-bond acceptors (Lipinski definition) is 3. The molecule has 1 unspecified atom stereocenters. The van der Waals surface area contributed by atoms with E-state index in [4.69, 9.17) is 16.9 Å². The number of aromatic nitrogens is 1. The Morgan fingerprint density at radius 2 is 2.00 bits per heavy atom. The molecule has 1 aromatic heterocycles. The van der Waals surface area contributed by atoms with Crippen molar-refractivity contribution in [1.29, 1.82) is 5.26 Å². The van der Waals surface area contributed by atoms with E-state index in [0.717, 1.165) is 5.56 Å². The summed E-state index contributed by atoms with van der Waals surface area (Å²) in [4.78, 5) is 15.8. The van der Waals surface area contributed by atoms with Crippen LogP contribution in [0.3, 0.4) is 0 Å². The van der Waals surface area contributed by atoms with Gasteiger partial charge in [-0.15, -0.1) is 11.6 Å². The van der Waals surface area contributed by atoms with Gasteiger partial charge in [-0.2, -0.15) is 5.26 Å². The molecule has 1 aromatic carbocycles. The molecule has 0 aliphatic rings. The van der Waals surface area contributed by atoms with Gasteiger partial charge in [0.15, 0.2) is 0 Å². The first kappa shape index (κ1) is 13.1. The number of benzene rings is 1. The van der Waals surface area contributed by atoms with E-state index in [2.05, 4.69) is 10.3 Å². The summed E-state index contributed by atoms with van der Waals surface area (Å²) in [6.45, 7) is 0. The molecule has 0 saturated heterocycles. The molecule has 1 atom stereocenters. The fraction of sp³-hybridized carbons (Fsp3) is 0.0714. The number of rotatable bonds is 3. The minimum absolute atomic E-state index is 0.295. The molecule has 1 heterocycles. The number of alkyl halides is 1. The molecular formula is C14H10ClN3O. The Kier molecular flexibility index (Phi) is 4.11. The third-order valence-corrected chi connectivity index (χ3v) is 2.92. The lowest BCUT2D eigenvalue weighted by atomic mass is 10.1. The number of anilines is 1. The van der Waals surface area contributed by atoms with Gasteiger partial charge >= 0.3 is 0 Å². The van der Waals surface area contributed by atoms with E-state index >= 15 is 0 Å². The lowest BCUT2D eigenvalue weighted by Gasteiger charge is -2.10. The Morgan fingerprint density at radius 1 is 1.26 bits per heavy atom. The van der Waals surface area contributed by atoms with Gasteiger partial charge in [0.05, 0.1) is 11.9 Å². The quantitative estimate of drug-likeness (QED) is 0.873. The maximum atomic E-state index is 11.9. The van der Waals surface area contributed by atoms with Crippen LogP contribution in [0.25, 0.3) is 0 Å². The molecule has 4 nitrogen and oxygen atoms in total. The predicted molar refractivity (Wildman–Crippen MR) is 72.6 cm³/mol. The summed E-state index contributed by atoms with van der Waals surface area (Å²) >= 11 is 6.08. The SMILES string of the molecule is N#Cc1ccc(NC(=O)C(Cl)c2ccccc2)cn1. The zero-order chi connectivity index (χ0) is 13.7. The number of nitrogens with one attached hydrogen (secondary N) is 1. The van der Waals surface area contributed by atoms with Gasteiger partial charge < -0.3 is 5.32 Å². The minimum Gasteiger partial charge on any atom is -0.323 e. The molecule has 0 bridgehead atoms. The Balaban J connectivity index is 2.06. The summed E-state index contributed by atoms with van der Waals surface area (Å²) in [6, 6.07) is 14.1. The maximum Gasteiger partial charge on any atom is 0.247 e. The molecule has 0 aliphatic carbocycles. The van der Waals surface area contributed by atoms with Crippen LogP contribution in [0.5, 0.6) is 0 Å². The van der Waals surface area contributed by atoms with Crippen molar-refractivity contribution >= 4 is 23.2 Å². The molecule has 0 radical (unpaired) electrons. The summed E-state index contributed by atoms with van der Waals surface area (Å²) < 4.78 is 0. The van der Waals surface area contributed by atoms with E-state index in [1.807, 2.05) is 24.3 Å². The van der Waals surface area contributed by atoms with Crippen molar-refractivity contribution in [3.8, 4) is 6.07 Å². The Hall–Kier alpha value is -2.38. The maximum absolute atomic E-state index is 11.9. The van der Waals surface area contributed by atoms with Crippen LogP contribution in [0, 0.1) is 11.3 Å². The van der Waals surface area contributed by atoms with E-state index in [9.17, 15) is 4.79 Å². The van der Waals surface area contributed by atoms with Crippen LogP contribution in [-0.4, -0.2) is 10.9 Å². The van der Waals surface area contributed by atoms with Crippen LogP contribution in [0.15, 0.2) is 48.7 Å². The molecule has 0 fully saturated rings. The minimum atomic E-state index is -0.767. The molecule has 0 saturated carbocycles. The fourth-order valence-electron chi connectivity index (χ4n) is 1.51. The topological polar surface area (TPSA) is 65.8 Å². The van der Waals surface area contributed by atoms with Crippen molar-refractivity contribution in [1.82, 2.24) is 4.98 Å². The van der Waals surface area contributed by atoms with Crippen molar-refractivity contribution in [2.45, 2.75) is 5.38 Å². The third-order valence-electron chi connectivity index (χ3n) is 2.47. The number of nitriles is 1. The van der Waals surface area contributed by atoms with E-state index in [1.165, 1.54) is 12.3 Å². The van der Waals surface area contributed by atoms with Crippen LogP contribution in [0.1, 0.15) is 16.6 Å². The van der Waals surface area contributed by atoms with Gasteiger partial charge in [0.2, 0.25) is 5.91 Å². The van der Waals surface area contributed by atoms with Gasteiger partial charge in [0, 0.05) is 0 Å². The molecule has 2 rings (SSSR count). The van der Waals surface area contributed by atoms with Crippen molar-refractivity contribution < 1.29 is 4.79 Å². The molecular weight excluding hydrogens is 262 g/mol. The molecule has 2 aromatic rings. The zero-order valence-corrected chi connectivity index (χ0v) is 10.6. The second-order valence-corrected chi connectivity index (χ2v) is 4.24. The summed E-state index contributed by atoms with van der Waals surface area (Å²) in [7, 11) is 0. The van der Waals surface area contributed by atoms with Gasteiger partial charge in [0.25, 0.3) is 0 Å². The molecule has 0 spiro atoms. The number of carbonyl (C=O) groups is 1. The molecule has 0 aliphatic heterocycles. The molecule has 94 valence electrons. The molecule has 1 amide bonds. The summed E-state index contributed by atoms with van der Waals surface area (Å²) in [6.07, 6.45) is 1.42. The van der Waals surface area contributed by atoms with Crippen molar-refractivity contribution in [3.05, 3.63) is 59.9 Å². The number of amides is 1. The van der Waals surface area contributed by atoms with Crippen LogP contribution in [0.2, 0.25) is 0 Å². The summed E-state index contributed by atoms with van der Waals surface area (Å²) in [5.41, 5.74) is 1.53. The van der Waals surface area contributed by atoms with E-state index < -0.39 is 5.38 Å². The standard InChI is InChI=1S/C14H10ClN3O/c15-13(10-4-2-1-3-5-10)14(19)18-12-7-6-11(8-16)17-9-12/h1-7,9,13H,(H,18,19). The van der Waals surface area contributed by atoms with E-state index in [1.54, 1.807) is 18.2 Å². The Labute approximate surface area is 115 Å². The van der Waals surface area contributed by atoms with E-state index in [-0.39, 0.29) is 5.91 Å². The highest BCUT2D eigenvalue weighted by atomic mass is 35.5. The van der Waals surface area contributed by atoms with Gasteiger partial charge in [-0.1, -0.05) is 30.3 Å².